The van der Waals surface area contributed by atoms with Gasteiger partial charge in [-0.05, 0) is 52.0 Å². The molecular formula is C17H26N2O2. The molecule has 2 aliphatic heterocycles. The molecule has 0 bridgehead atoms. The monoisotopic (exact) mass is 290 g/mol. The fourth-order valence-corrected chi connectivity index (χ4v) is 3.28. The van der Waals surface area contributed by atoms with Gasteiger partial charge in [0.25, 0.3) is 0 Å². The maximum absolute atomic E-state index is 5.86. The van der Waals surface area contributed by atoms with Gasteiger partial charge in [-0.25, -0.2) is 0 Å². The Bertz CT molecular complexity index is 496. The van der Waals surface area contributed by atoms with Gasteiger partial charge in [0.15, 0.2) is 0 Å². The van der Waals surface area contributed by atoms with Crippen LogP contribution >= 0.6 is 0 Å². The fraction of sp³-hybridized carbons (Fsp3) is 0.647. The van der Waals surface area contributed by atoms with Gasteiger partial charge in [0.1, 0.15) is 17.6 Å². The summed E-state index contributed by atoms with van der Waals surface area (Å²) < 4.78 is 11.4. The molecule has 21 heavy (non-hydrogen) atoms. The molecule has 116 valence electrons. The van der Waals surface area contributed by atoms with Crippen LogP contribution in [0.15, 0.2) is 12.1 Å². The van der Waals surface area contributed by atoms with Crippen LogP contribution < -0.4 is 14.8 Å². The number of fused-ring (bicyclic) bond motifs is 1. The number of nitrogens with one attached hydrogen (secondary N) is 1. The van der Waals surface area contributed by atoms with Gasteiger partial charge in [-0.2, -0.15) is 0 Å². The zero-order valence-electron chi connectivity index (χ0n) is 13.3. The van der Waals surface area contributed by atoms with Gasteiger partial charge in [-0.15, -0.1) is 0 Å². The van der Waals surface area contributed by atoms with Crippen molar-refractivity contribution in [3.63, 3.8) is 0 Å². The predicted molar refractivity (Wildman–Crippen MR) is 84.1 cm³/mol. The molecule has 1 aromatic rings. The Labute approximate surface area is 127 Å². The third-order valence-corrected chi connectivity index (χ3v) is 4.60. The number of nitrogens with zero attached hydrogens (tertiary/aromatic N) is 1. The molecule has 0 aromatic heterocycles. The fourth-order valence-electron chi connectivity index (χ4n) is 3.28. The van der Waals surface area contributed by atoms with E-state index in [2.05, 4.69) is 36.3 Å². The molecule has 4 heteroatoms. The van der Waals surface area contributed by atoms with Crippen LogP contribution in [0.2, 0.25) is 0 Å². The maximum Gasteiger partial charge on any atom is 0.123 e. The molecule has 1 aromatic carbocycles. The Kier molecular flexibility index (Phi) is 4.36. The summed E-state index contributed by atoms with van der Waals surface area (Å²) in [6.45, 7) is 5.32. The average Bonchev–Trinajstić information content (AvgIpc) is 2.84. The second-order valence-corrected chi connectivity index (χ2v) is 6.36. The molecule has 0 spiro atoms. The summed E-state index contributed by atoms with van der Waals surface area (Å²) in [6.07, 6.45) is 3.70. The summed E-state index contributed by atoms with van der Waals surface area (Å²) in [7, 11) is 3.94. The van der Waals surface area contributed by atoms with E-state index in [1.807, 2.05) is 0 Å². The minimum atomic E-state index is 0.279. The molecule has 0 saturated carbocycles. The van der Waals surface area contributed by atoms with Crippen LogP contribution in [0.5, 0.6) is 11.5 Å². The highest BCUT2D eigenvalue weighted by Crippen LogP contribution is 2.35. The van der Waals surface area contributed by atoms with Crippen LogP contribution in [0.1, 0.15) is 30.9 Å². The number of piperidine rings is 1. The molecule has 1 fully saturated rings. The molecule has 0 aliphatic carbocycles. The van der Waals surface area contributed by atoms with Crippen LogP contribution in [0, 0.1) is 0 Å². The zero-order chi connectivity index (χ0) is 14.8. The maximum atomic E-state index is 5.86. The lowest BCUT2D eigenvalue weighted by Gasteiger charge is -2.29. The Balaban J connectivity index is 1.66. The molecule has 0 unspecified atom stereocenters. The Hall–Kier alpha value is -1.26. The van der Waals surface area contributed by atoms with Crippen molar-refractivity contribution in [2.45, 2.75) is 44.9 Å². The highest BCUT2D eigenvalue weighted by molar-refractivity contribution is 5.48. The Morgan fingerprint density at radius 3 is 2.81 bits per heavy atom. The quantitative estimate of drug-likeness (QED) is 0.922. The van der Waals surface area contributed by atoms with Crippen molar-refractivity contribution in [3.05, 3.63) is 23.3 Å². The van der Waals surface area contributed by atoms with Gasteiger partial charge < -0.3 is 19.7 Å². The van der Waals surface area contributed by atoms with E-state index in [0.29, 0.717) is 6.04 Å². The third kappa shape index (κ3) is 3.33. The molecule has 1 atom stereocenters. The number of benzene rings is 1. The number of rotatable bonds is 4. The normalized spacial score (nSPS) is 22.9. The molecular weight excluding hydrogens is 264 g/mol. The number of ether oxygens (including phenoxy) is 2. The van der Waals surface area contributed by atoms with Crippen LogP contribution in [-0.4, -0.2) is 44.3 Å². The largest absolute Gasteiger partial charge is 0.496 e. The molecule has 2 heterocycles. The highest BCUT2D eigenvalue weighted by Gasteiger charge is 2.22. The van der Waals surface area contributed by atoms with Gasteiger partial charge >= 0.3 is 0 Å². The number of methoxy groups -OCH3 is 1. The van der Waals surface area contributed by atoms with Crippen LogP contribution in [0.3, 0.4) is 0 Å². The van der Waals surface area contributed by atoms with Crippen LogP contribution in [0.25, 0.3) is 0 Å². The summed E-state index contributed by atoms with van der Waals surface area (Å²) in [4.78, 5) is 2.39. The summed E-state index contributed by atoms with van der Waals surface area (Å²) >= 11 is 0. The van der Waals surface area contributed by atoms with Crippen molar-refractivity contribution in [2.24, 2.45) is 0 Å². The minimum Gasteiger partial charge on any atom is -0.496 e. The van der Waals surface area contributed by atoms with Crippen molar-refractivity contribution in [1.82, 2.24) is 10.2 Å². The number of hydrogen-bond donors (Lipinski definition) is 1. The van der Waals surface area contributed by atoms with Gasteiger partial charge in [0, 0.05) is 30.1 Å². The second-order valence-electron chi connectivity index (χ2n) is 6.36. The van der Waals surface area contributed by atoms with Crippen LogP contribution in [0.4, 0.5) is 0 Å². The van der Waals surface area contributed by atoms with E-state index in [1.54, 1.807) is 7.11 Å². The lowest BCUT2D eigenvalue weighted by atomic mass is 10.0. The smallest absolute Gasteiger partial charge is 0.123 e. The first kappa shape index (κ1) is 14.7. The highest BCUT2D eigenvalue weighted by atomic mass is 16.5. The standard InChI is InChI=1S/C17H26N2O2/c1-12-8-13-9-16(20-3)14(10-17(13)21-12)11-18-15-4-6-19(2)7-5-15/h9-10,12,15,18H,4-8,11H2,1-3H3/t12-/m1/s1. The van der Waals surface area contributed by atoms with Gasteiger partial charge in [-0.3, -0.25) is 0 Å². The molecule has 1 saturated heterocycles. The minimum absolute atomic E-state index is 0.279. The van der Waals surface area contributed by atoms with E-state index in [1.165, 1.54) is 37.1 Å². The lowest BCUT2D eigenvalue weighted by molar-refractivity contribution is 0.233. The van der Waals surface area contributed by atoms with Crippen molar-refractivity contribution in [2.75, 3.05) is 27.2 Å². The van der Waals surface area contributed by atoms with E-state index in [9.17, 15) is 0 Å². The van der Waals surface area contributed by atoms with Crippen LogP contribution in [-0.2, 0) is 13.0 Å². The summed E-state index contributed by atoms with van der Waals surface area (Å²) in [5.74, 6) is 2.01. The topological polar surface area (TPSA) is 33.7 Å². The molecule has 4 nitrogen and oxygen atoms in total. The molecule has 3 rings (SSSR count). The van der Waals surface area contributed by atoms with E-state index in [-0.39, 0.29) is 6.10 Å². The summed E-state index contributed by atoms with van der Waals surface area (Å²) in [5, 5.41) is 3.67. The van der Waals surface area contributed by atoms with Gasteiger partial charge in [0.05, 0.1) is 7.11 Å². The first-order valence-electron chi connectivity index (χ1n) is 7.94. The Morgan fingerprint density at radius 2 is 2.10 bits per heavy atom. The second kappa shape index (κ2) is 6.24. The number of likely N-dealkylation sites (tertiary alicyclic amines) is 1. The van der Waals surface area contributed by atoms with Gasteiger partial charge in [-0.1, -0.05) is 0 Å². The van der Waals surface area contributed by atoms with E-state index in [0.717, 1.165) is 24.5 Å². The van der Waals surface area contributed by atoms with Crippen molar-refractivity contribution in [3.8, 4) is 11.5 Å². The summed E-state index contributed by atoms with van der Waals surface area (Å²) in [5.41, 5.74) is 2.46. The van der Waals surface area contributed by atoms with E-state index >= 15 is 0 Å². The van der Waals surface area contributed by atoms with E-state index in [4.69, 9.17) is 9.47 Å². The SMILES string of the molecule is COc1cc2c(cc1CNC1CCN(C)CC1)O[C@H](C)C2. The number of hydrogen-bond acceptors (Lipinski definition) is 4. The molecule has 0 amide bonds. The summed E-state index contributed by atoms with van der Waals surface area (Å²) in [6, 6.07) is 4.91. The van der Waals surface area contributed by atoms with Gasteiger partial charge in [0.2, 0.25) is 0 Å². The first-order chi connectivity index (χ1) is 10.2. The molecule has 1 N–H and O–H groups in total. The van der Waals surface area contributed by atoms with Crippen molar-refractivity contribution < 1.29 is 9.47 Å². The lowest BCUT2D eigenvalue weighted by Crippen LogP contribution is -2.40. The third-order valence-electron chi connectivity index (χ3n) is 4.60. The van der Waals surface area contributed by atoms with Crippen molar-refractivity contribution in [1.29, 1.82) is 0 Å². The molecule has 0 radical (unpaired) electrons. The van der Waals surface area contributed by atoms with E-state index < -0.39 is 0 Å². The Morgan fingerprint density at radius 1 is 1.33 bits per heavy atom. The predicted octanol–water partition coefficient (Wildman–Crippen LogP) is 2.20. The molecule has 2 aliphatic rings. The zero-order valence-corrected chi connectivity index (χ0v) is 13.3. The first-order valence-corrected chi connectivity index (χ1v) is 7.94. The average molecular weight is 290 g/mol. The van der Waals surface area contributed by atoms with Crippen molar-refractivity contribution >= 4 is 0 Å².